The summed E-state index contributed by atoms with van der Waals surface area (Å²) in [6.45, 7) is 0.0665. The molecule has 4 rings (SSSR count). The summed E-state index contributed by atoms with van der Waals surface area (Å²) in [5.74, 6) is 0.661. The number of ether oxygens (including phenoxy) is 1. The number of carbonyl (C=O) groups is 1. The van der Waals surface area contributed by atoms with Gasteiger partial charge in [0, 0.05) is 11.6 Å². The van der Waals surface area contributed by atoms with Crippen LogP contribution in [0.5, 0.6) is 5.75 Å². The standard InChI is InChI=1S/C20H20N2O2S/c23-19(21-15-5-1-2-6-15)13-24-16-11-9-14(10-12-16)20-22-17-7-3-4-8-18(17)25-20/h3-4,7-12,15H,1-2,5-6,13H2,(H,21,23). The molecule has 1 saturated carbocycles. The first-order chi connectivity index (χ1) is 12.3. The summed E-state index contributed by atoms with van der Waals surface area (Å²) in [6.07, 6.45) is 4.59. The van der Waals surface area contributed by atoms with Gasteiger partial charge in [-0.05, 0) is 49.2 Å². The number of nitrogens with one attached hydrogen (secondary N) is 1. The predicted octanol–water partition coefficient (Wildman–Crippen LogP) is 4.40. The molecule has 1 N–H and O–H groups in total. The highest BCUT2D eigenvalue weighted by Crippen LogP contribution is 2.30. The Bertz CT molecular complexity index is 834. The van der Waals surface area contributed by atoms with E-state index in [4.69, 9.17) is 4.74 Å². The number of para-hydroxylation sites is 1. The Kier molecular flexibility index (Phi) is 4.65. The molecule has 1 heterocycles. The molecule has 4 nitrogen and oxygen atoms in total. The van der Waals surface area contributed by atoms with Gasteiger partial charge in [0.2, 0.25) is 0 Å². The van der Waals surface area contributed by atoms with Crippen LogP contribution in [0.2, 0.25) is 0 Å². The highest BCUT2D eigenvalue weighted by Gasteiger charge is 2.17. The van der Waals surface area contributed by atoms with E-state index in [0.29, 0.717) is 11.8 Å². The average molecular weight is 352 g/mol. The number of carbonyl (C=O) groups excluding carboxylic acids is 1. The van der Waals surface area contributed by atoms with E-state index in [-0.39, 0.29) is 12.5 Å². The van der Waals surface area contributed by atoms with Crippen molar-refractivity contribution >= 4 is 27.5 Å². The Hall–Kier alpha value is -2.40. The molecule has 0 spiro atoms. The van der Waals surface area contributed by atoms with Crippen LogP contribution in [0.4, 0.5) is 0 Å². The Morgan fingerprint density at radius 1 is 1.12 bits per heavy atom. The van der Waals surface area contributed by atoms with Crippen molar-refractivity contribution in [1.82, 2.24) is 10.3 Å². The summed E-state index contributed by atoms with van der Waals surface area (Å²) >= 11 is 1.68. The molecule has 1 aromatic heterocycles. The van der Waals surface area contributed by atoms with Crippen LogP contribution >= 0.6 is 11.3 Å². The van der Waals surface area contributed by atoms with Gasteiger partial charge in [0.15, 0.2) is 6.61 Å². The second kappa shape index (κ2) is 7.23. The van der Waals surface area contributed by atoms with Crippen molar-refractivity contribution in [2.24, 2.45) is 0 Å². The molecule has 0 bridgehead atoms. The molecule has 0 atom stereocenters. The molecular weight excluding hydrogens is 332 g/mol. The van der Waals surface area contributed by atoms with Crippen molar-refractivity contribution in [3.8, 4) is 16.3 Å². The van der Waals surface area contributed by atoms with E-state index in [9.17, 15) is 4.79 Å². The van der Waals surface area contributed by atoms with E-state index in [1.807, 2.05) is 42.5 Å². The number of hydrogen-bond acceptors (Lipinski definition) is 4. The molecule has 0 aliphatic heterocycles. The average Bonchev–Trinajstić information content (AvgIpc) is 3.29. The summed E-state index contributed by atoms with van der Waals surface area (Å²) in [4.78, 5) is 16.6. The first-order valence-corrected chi connectivity index (χ1v) is 9.48. The topological polar surface area (TPSA) is 51.2 Å². The highest BCUT2D eigenvalue weighted by molar-refractivity contribution is 7.21. The summed E-state index contributed by atoms with van der Waals surface area (Å²) in [7, 11) is 0. The Morgan fingerprint density at radius 3 is 2.64 bits per heavy atom. The minimum Gasteiger partial charge on any atom is -0.484 e. The van der Waals surface area contributed by atoms with Gasteiger partial charge in [0.05, 0.1) is 10.2 Å². The van der Waals surface area contributed by atoms with Crippen molar-refractivity contribution in [3.63, 3.8) is 0 Å². The lowest BCUT2D eigenvalue weighted by molar-refractivity contribution is -0.123. The van der Waals surface area contributed by atoms with Gasteiger partial charge >= 0.3 is 0 Å². The van der Waals surface area contributed by atoms with Crippen LogP contribution in [-0.4, -0.2) is 23.5 Å². The predicted molar refractivity (Wildman–Crippen MR) is 101 cm³/mol. The number of rotatable bonds is 5. The minimum absolute atomic E-state index is 0.0397. The number of aromatic nitrogens is 1. The molecule has 128 valence electrons. The Balaban J connectivity index is 1.37. The van der Waals surface area contributed by atoms with Crippen molar-refractivity contribution in [2.75, 3.05) is 6.61 Å². The molecule has 1 fully saturated rings. The van der Waals surface area contributed by atoms with Crippen LogP contribution in [0.3, 0.4) is 0 Å². The van der Waals surface area contributed by atoms with E-state index in [1.165, 1.54) is 17.5 Å². The molecule has 0 unspecified atom stereocenters. The molecule has 2 aromatic carbocycles. The van der Waals surface area contributed by atoms with Gasteiger partial charge in [0.25, 0.3) is 5.91 Å². The van der Waals surface area contributed by atoms with Crippen LogP contribution in [0.25, 0.3) is 20.8 Å². The van der Waals surface area contributed by atoms with E-state index in [0.717, 1.165) is 28.9 Å². The normalized spacial score (nSPS) is 14.7. The first-order valence-electron chi connectivity index (χ1n) is 8.66. The second-order valence-corrected chi connectivity index (χ2v) is 7.38. The van der Waals surface area contributed by atoms with Crippen molar-refractivity contribution in [3.05, 3.63) is 48.5 Å². The smallest absolute Gasteiger partial charge is 0.258 e. The molecule has 0 saturated heterocycles. The number of amides is 1. The number of thiazole rings is 1. The summed E-state index contributed by atoms with van der Waals surface area (Å²) in [5.41, 5.74) is 2.08. The van der Waals surface area contributed by atoms with Gasteiger partial charge in [-0.15, -0.1) is 11.3 Å². The Morgan fingerprint density at radius 2 is 1.88 bits per heavy atom. The fourth-order valence-corrected chi connectivity index (χ4v) is 4.15. The maximum Gasteiger partial charge on any atom is 0.258 e. The fourth-order valence-electron chi connectivity index (χ4n) is 3.18. The van der Waals surface area contributed by atoms with Gasteiger partial charge in [-0.25, -0.2) is 4.98 Å². The zero-order valence-corrected chi connectivity index (χ0v) is 14.7. The molecule has 3 aromatic rings. The van der Waals surface area contributed by atoms with Crippen molar-refractivity contribution in [1.29, 1.82) is 0 Å². The van der Waals surface area contributed by atoms with Gasteiger partial charge in [0.1, 0.15) is 10.8 Å². The molecule has 1 aliphatic carbocycles. The molecule has 5 heteroatoms. The van der Waals surface area contributed by atoms with E-state index >= 15 is 0 Å². The number of benzene rings is 2. The lowest BCUT2D eigenvalue weighted by Gasteiger charge is -2.12. The minimum atomic E-state index is -0.0397. The van der Waals surface area contributed by atoms with Crippen LogP contribution < -0.4 is 10.1 Å². The van der Waals surface area contributed by atoms with E-state index in [2.05, 4.69) is 16.4 Å². The Labute approximate surface area is 150 Å². The summed E-state index contributed by atoms with van der Waals surface area (Å²) in [6, 6.07) is 16.2. The summed E-state index contributed by atoms with van der Waals surface area (Å²) in [5, 5.41) is 4.02. The largest absolute Gasteiger partial charge is 0.484 e. The van der Waals surface area contributed by atoms with Crippen molar-refractivity contribution < 1.29 is 9.53 Å². The third-order valence-corrected chi connectivity index (χ3v) is 5.57. The van der Waals surface area contributed by atoms with Gasteiger partial charge in [-0.3, -0.25) is 4.79 Å². The maximum absolute atomic E-state index is 11.9. The monoisotopic (exact) mass is 352 g/mol. The number of nitrogens with zero attached hydrogens (tertiary/aromatic N) is 1. The van der Waals surface area contributed by atoms with E-state index < -0.39 is 0 Å². The van der Waals surface area contributed by atoms with Gasteiger partial charge in [-0.2, -0.15) is 0 Å². The second-order valence-electron chi connectivity index (χ2n) is 6.35. The zero-order valence-electron chi connectivity index (χ0n) is 13.9. The number of fused-ring (bicyclic) bond motifs is 1. The third kappa shape index (κ3) is 3.82. The quantitative estimate of drug-likeness (QED) is 0.740. The number of hydrogen-bond donors (Lipinski definition) is 1. The van der Waals surface area contributed by atoms with Gasteiger partial charge in [-0.1, -0.05) is 25.0 Å². The van der Waals surface area contributed by atoms with E-state index in [1.54, 1.807) is 11.3 Å². The molecule has 0 radical (unpaired) electrons. The third-order valence-electron chi connectivity index (χ3n) is 4.49. The highest BCUT2D eigenvalue weighted by atomic mass is 32.1. The molecule has 25 heavy (non-hydrogen) atoms. The lowest BCUT2D eigenvalue weighted by Crippen LogP contribution is -2.36. The first kappa shape index (κ1) is 16.1. The summed E-state index contributed by atoms with van der Waals surface area (Å²) < 4.78 is 6.78. The van der Waals surface area contributed by atoms with Crippen molar-refractivity contribution in [2.45, 2.75) is 31.7 Å². The maximum atomic E-state index is 11.9. The molecule has 1 aliphatic rings. The van der Waals surface area contributed by atoms with Crippen LogP contribution in [0.15, 0.2) is 48.5 Å². The van der Waals surface area contributed by atoms with Crippen LogP contribution in [0, 0.1) is 0 Å². The zero-order chi connectivity index (χ0) is 17.1. The lowest BCUT2D eigenvalue weighted by atomic mass is 10.2. The van der Waals surface area contributed by atoms with Crippen LogP contribution in [-0.2, 0) is 4.79 Å². The molecular formula is C20H20N2O2S. The molecule has 1 amide bonds. The van der Waals surface area contributed by atoms with Crippen LogP contribution in [0.1, 0.15) is 25.7 Å². The SMILES string of the molecule is O=C(COc1ccc(-c2nc3ccccc3s2)cc1)NC1CCCC1. The fraction of sp³-hybridized carbons (Fsp3) is 0.300. The van der Waals surface area contributed by atoms with Gasteiger partial charge < -0.3 is 10.1 Å².